The lowest BCUT2D eigenvalue weighted by Crippen LogP contribution is -2.23. The van der Waals surface area contributed by atoms with Gasteiger partial charge in [-0.1, -0.05) is 30.7 Å². The lowest BCUT2D eigenvalue weighted by molar-refractivity contribution is -0.137. The molecule has 0 amide bonds. The van der Waals surface area contributed by atoms with Crippen molar-refractivity contribution < 1.29 is 9.90 Å². The molecule has 0 aliphatic carbocycles. The Morgan fingerprint density at radius 3 is 2.62 bits per heavy atom. The van der Waals surface area contributed by atoms with Gasteiger partial charge in [0.15, 0.2) is 16.8 Å². The molecule has 3 aromatic heterocycles. The second kappa shape index (κ2) is 7.59. The zero-order valence-corrected chi connectivity index (χ0v) is 16.3. The summed E-state index contributed by atoms with van der Waals surface area (Å²) in [4.78, 5) is 27.8. The molecule has 0 fully saturated rings. The molecule has 0 radical (unpaired) electrons. The molecule has 0 aliphatic rings. The number of nitrogens with zero attached hydrogens (tertiary/aromatic N) is 6. The Morgan fingerprint density at radius 2 is 1.93 bits per heavy atom. The third-order valence-electron chi connectivity index (χ3n) is 4.63. The van der Waals surface area contributed by atoms with Gasteiger partial charge in [-0.15, -0.1) is 10.2 Å². The minimum absolute atomic E-state index is 0.0291. The second-order valence-corrected chi connectivity index (χ2v) is 6.97. The maximum Gasteiger partial charge on any atom is 0.303 e. The Bertz CT molecular complexity index is 1280. The van der Waals surface area contributed by atoms with E-state index in [-0.39, 0.29) is 24.0 Å². The van der Waals surface area contributed by atoms with Gasteiger partial charge < -0.3 is 5.11 Å². The number of carbonyl (C=O) groups is 1. The molecular weight excluding hydrogens is 396 g/mol. The lowest BCUT2D eigenvalue weighted by atomic mass is 10.0. The molecule has 3 heterocycles. The van der Waals surface area contributed by atoms with Crippen molar-refractivity contribution in [3.63, 3.8) is 0 Å². The lowest BCUT2D eigenvalue weighted by Gasteiger charge is -2.06. The molecule has 0 unspecified atom stereocenters. The van der Waals surface area contributed by atoms with Gasteiger partial charge in [-0.25, -0.2) is 4.98 Å². The zero-order chi connectivity index (χ0) is 20.5. The van der Waals surface area contributed by atoms with Crippen LogP contribution in [0.5, 0.6) is 0 Å². The number of halogens is 1. The van der Waals surface area contributed by atoms with Gasteiger partial charge in [0.25, 0.3) is 5.56 Å². The SMILES string of the molecule is CCc1nn2c(nnc3c(=O)n(CCCC(=O)O)cnc32)c1-c1ccc(Cl)cc1. The van der Waals surface area contributed by atoms with E-state index in [4.69, 9.17) is 16.7 Å². The second-order valence-electron chi connectivity index (χ2n) is 6.53. The van der Waals surface area contributed by atoms with E-state index in [1.165, 1.54) is 15.4 Å². The predicted molar refractivity (Wildman–Crippen MR) is 107 cm³/mol. The number of aryl methyl sites for hydroxylation is 2. The van der Waals surface area contributed by atoms with Crippen LogP contribution in [0.15, 0.2) is 35.4 Å². The highest BCUT2D eigenvalue weighted by Gasteiger charge is 2.19. The number of benzene rings is 1. The molecule has 0 saturated heterocycles. The number of carboxylic acid groups (broad SMARTS) is 1. The standard InChI is InChI=1S/C19H17ClN6O3/c1-2-13-15(11-5-7-12(20)8-6-11)17-23-22-16-18(26(17)24-13)21-10-25(19(16)29)9-3-4-14(27)28/h5-8,10H,2-4,9H2,1H3,(H,27,28). The van der Waals surface area contributed by atoms with E-state index >= 15 is 0 Å². The van der Waals surface area contributed by atoms with Gasteiger partial charge in [-0.3, -0.25) is 14.2 Å². The van der Waals surface area contributed by atoms with Crippen LogP contribution in [0.25, 0.3) is 27.9 Å². The first kappa shape index (κ1) is 19.0. The number of hydrogen-bond acceptors (Lipinski definition) is 6. The van der Waals surface area contributed by atoms with Gasteiger partial charge in [0, 0.05) is 18.0 Å². The van der Waals surface area contributed by atoms with Crippen LogP contribution in [-0.4, -0.2) is 40.4 Å². The fraction of sp³-hybridized carbons (Fsp3) is 0.263. The Kier molecular flexibility index (Phi) is 4.98. The summed E-state index contributed by atoms with van der Waals surface area (Å²) in [7, 11) is 0. The molecule has 10 heteroatoms. The third-order valence-corrected chi connectivity index (χ3v) is 4.88. The quantitative estimate of drug-likeness (QED) is 0.517. The summed E-state index contributed by atoms with van der Waals surface area (Å²) >= 11 is 6.00. The van der Waals surface area contributed by atoms with Gasteiger partial charge in [0.2, 0.25) is 0 Å². The van der Waals surface area contributed by atoms with E-state index in [1.54, 1.807) is 12.1 Å². The molecule has 0 saturated carbocycles. The summed E-state index contributed by atoms with van der Waals surface area (Å²) in [6, 6.07) is 7.36. The van der Waals surface area contributed by atoms with E-state index in [1.807, 2.05) is 19.1 Å². The van der Waals surface area contributed by atoms with Crippen LogP contribution < -0.4 is 5.56 Å². The first-order valence-corrected chi connectivity index (χ1v) is 9.48. The average Bonchev–Trinajstić information content (AvgIpc) is 3.09. The number of carboxylic acids is 1. The van der Waals surface area contributed by atoms with E-state index in [9.17, 15) is 9.59 Å². The van der Waals surface area contributed by atoms with Crippen LogP contribution in [0.2, 0.25) is 5.02 Å². The van der Waals surface area contributed by atoms with Crippen molar-refractivity contribution >= 4 is 34.4 Å². The Labute approximate surface area is 169 Å². The number of aliphatic carboxylic acids is 1. The normalized spacial score (nSPS) is 11.4. The highest BCUT2D eigenvalue weighted by molar-refractivity contribution is 6.30. The molecule has 4 rings (SSSR count). The summed E-state index contributed by atoms with van der Waals surface area (Å²) in [5.74, 6) is -0.910. The molecule has 1 aromatic carbocycles. The predicted octanol–water partition coefficient (Wildman–Crippen LogP) is 2.58. The topological polar surface area (TPSA) is 115 Å². The summed E-state index contributed by atoms with van der Waals surface area (Å²) in [6.07, 6.45) is 2.34. The largest absolute Gasteiger partial charge is 0.481 e. The maximum atomic E-state index is 12.7. The fourth-order valence-corrected chi connectivity index (χ4v) is 3.35. The Morgan fingerprint density at radius 1 is 1.17 bits per heavy atom. The molecule has 0 aliphatic heterocycles. The van der Waals surface area contributed by atoms with Crippen molar-refractivity contribution in [3.05, 3.63) is 51.7 Å². The minimum Gasteiger partial charge on any atom is -0.481 e. The zero-order valence-electron chi connectivity index (χ0n) is 15.5. The minimum atomic E-state index is -0.910. The molecule has 9 nitrogen and oxygen atoms in total. The fourth-order valence-electron chi connectivity index (χ4n) is 3.22. The van der Waals surface area contributed by atoms with Crippen LogP contribution >= 0.6 is 11.6 Å². The summed E-state index contributed by atoms with van der Waals surface area (Å²) in [6.45, 7) is 2.23. The highest BCUT2D eigenvalue weighted by Crippen LogP contribution is 2.29. The number of fused-ring (bicyclic) bond motifs is 3. The van der Waals surface area contributed by atoms with Crippen molar-refractivity contribution in [2.75, 3.05) is 0 Å². The third kappa shape index (κ3) is 3.44. The van der Waals surface area contributed by atoms with Crippen molar-refractivity contribution in [3.8, 4) is 11.1 Å². The van der Waals surface area contributed by atoms with Gasteiger partial charge in [0.1, 0.15) is 6.33 Å². The monoisotopic (exact) mass is 412 g/mol. The number of aromatic nitrogens is 6. The van der Waals surface area contributed by atoms with Gasteiger partial charge in [-0.05, 0) is 30.5 Å². The highest BCUT2D eigenvalue weighted by atomic mass is 35.5. The summed E-state index contributed by atoms with van der Waals surface area (Å²) in [5.41, 5.74) is 3.06. The summed E-state index contributed by atoms with van der Waals surface area (Å²) in [5, 5.41) is 22.4. The van der Waals surface area contributed by atoms with Crippen LogP contribution in [0, 0.1) is 0 Å². The van der Waals surface area contributed by atoms with Crippen LogP contribution in [0.4, 0.5) is 0 Å². The van der Waals surface area contributed by atoms with E-state index < -0.39 is 5.97 Å². The molecule has 29 heavy (non-hydrogen) atoms. The number of hydrogen-bond donors (Lipinski definition) is 1. The van der Waals surface area contributed by atoms with Crippen molar-refractivity contribution in [1.29, 1.82) is 0 Å². The summed E-state index contributed by atoms with van der Waals surface area (Å²) < 4.78 is 2.88. The Balaban J connectivity index is 1.86. The van der Waals surface area contributed by atoms with Crippen LogP contribution in [0.1, 0.15) is 25.5 Å². The van der Waals surface area contributed by atoms with Crippen molar-refractivity contribution in [1.82, 2.24) is 29.4 Å². The van der Waals surface area contributed by atoms with Crippen molar-refractivity contribution in [2.24, 2.45) is 0 Å². The van der Waals surface area contributed by atoms with Crippen LogP contribution in [0.3, 0.4) is 0 Å². The smallest absolute Gasteiger partial charge is 0.303 e. The van der Waals surface area contributed by atoms with Crippen molar-refractivity contribution in [2.45, 2.75) is 32.7 Å². The number of rotatable bonds is 6. The molecule has 0 bridgehead atoms. The average molecular weight is 413 g/mol. The molecule has 0 atom stereocenters. The molecule has 0 spiro atoms. The Hall–Kier alpha value is -3.33. The van der Waals surface area contributed by atoms with E-state index in [0.717, 1.165) is 16.8 Å². The molecule has 1 N–H and O–H groups in total. The van der Waals surface area contributed by atoms with E-state index in [0.29, 0.717) is 29.2 Å². The molecular formula is C19H17ClN6O3. The van der Waals surface area contributed by atoms with E-state index in [2.05, 4.69) is 20.3 Å². The van der Waals surface area contributed by atoms with Gasteiger partial charge >= 0.3 is 5.97 Å². The van der Waals surface area contributed by atoms with Gasteiger partial charge in [-0.2, -0.15) is 9.61 Å². The molecule has 4 aromatic rings. The first-order valence-electron chi connectivity index (χ1n) is 9.10. The van der Waals surface area contributed by atoms with Crippen LogP contribution in [-0.2, 0) is 17.8 Å². The first-order chi connectivity index (χ1) is 14.0. The van der Waals surface area contributed by atoms with Gasteiger partial charge in [0.05, 0.1) is 11.3 Å². The molecule has 148 valence electrons. The maximum absolute atomic E-state index is 12.7.